The van der Waals surface area contributed by atoms with Gasteiger partial charge in [0, 0.05) is 0 Å². The van der Waals surface area contributed by atoms with Crippen LogP contribution in [0.15, 0.2) is 48.5 Å². The Hall–Kier alpha value is -2.30. The molecule has 0 unspecified atom stereocenters. The van der Waals surface area contributed by atoms with E-state index < -0.39 is 17.7 Å². The van der Waals surface area contributed by atoms with Crippen LogP contribution >= 0.6 is 0 Å². The number of alkyl halides is 3. The summed E-state index contributed by atoms with van der Waals surface area (Å²) in [4.78, 5) is 10.8. The summed E-state index contributed by atoms with van der Waals surface area (Å²) in [5.41, 5.74) is 2.34. The van der Waals surface area contributed by atoms with Crippen LogP contribution in [0.5, 0.6) is 0 Å². The lowest BCUT2D eigenvalue weighted by Gasteiger charge is -2.32. The molecule has 1 aliphatic rings. The maximum absolute atomic E-state index is 12.7. The molecule has 0 atom stereocenters. The highest BCUT2D eigenvalue weighted by molar-refractivity contribution is 5.71. The zero-order chi connectivity index (χ0) is 18.7. The van der Waals surface area contributed by atoms with E-state index in [0.717, 1.165) is 30.9 Å². The van der Waals surface area contributed by atoms with Gasteiger partial charge in [0.1, 0.15) is 0 Å². The van der Waals surface area contributed by atoms with Crippen molar-refractivity contribution < 1.29 is 23.1 Å². The first-order valence-electron chi connectivity index (χ1n) is 8.78. The number of rotatable bonds is 6. The first kappa shape index (κ1) is 18.5. The quantitative estimate of drug-likeness (QED) is 0.772. The van der Waals surface area contributed by atoms with Crippen molar-refractivity contribution in [2.24, 2.45) is 11.8 Å². The maximum atomic E-state index is 12.7. The third kappa shape index (κ3) is 4.65. The second-order valence-corrected chi connectivity index (χ2v) is 7.09. The monoisotopic (exact) mass is 362 g/mol. The van der Waals surface area contributed by atoms with Gasteiger partial charge in [0.2, 0.25) is 0 Å². The van der Waals surface area contributed by atoms with Gasteiger partial charge in [-0.3, -0.25) is 4.79 Å². The van der Waals surface area contributed by atoms with Crippen LogP contribution in [0.2, 0.25) is 0 Å². The summed E-state index contributed by atoms with van der Waals surface area (Å²) in [6, 6.07) is 13.6. The summed E-state index contributed by atoms with van der Waals surface area (Å²) in [7, 11) is 0. The normalized spacial score (nSPS) is 19.8. The third-order valence-electron chi connectivity index (χ3n) is 5.09. The van der Waals surface area contributed by atoms with Crippen LogP contribution in [-0.4, -0.2) is 11.1 Å². The molecule has 2 aromatic rings. The van der Waals surface area contributed by atoms with Crippen molar-refractivity contribution in [3.05, 3.63) is 70.8 Å². The van der Waals surface area contributed by atoms with E-state index in [9.17, 15) is 18.0 Å². The van der Waals surface area contributed by atoms with Crippen molar-refractivity contribution in [2.75, 3.05) is 0 Å². The number of carboxylic acids is 1. The number of benzene rings is 2. The molecule has 1 saturated carbocycles. The zero-order valence-corrected chi connectivity index (χ0v) is 14.3. The fraction of sp³-hybridized carbons (Fsp3) is 0.381. The molecule has 0 aliphatic heterocycles. The van der Waals surface area contributed by atoms with Crippen LogP contribution in [0.4, 0.5) is 13.2 Å². The second-order valence-electron chi connectivity index (χ2n) is 7.09. The SMILES string of the molecule is O=C(O)C1CC(Cc2ccc(CCc3cccc(C(F)(F)F)c3)cc2)C1. The fourth-order valence-electron chi connectivity index (χ4n) is 3.47. The Labute approximate surface area is 150 Å². The van der Waals surface area contributed by atoms with E-state index in [1.54, 1.807) is 6.07 Å². The van der Waals surface area contributed by atoms with Crippen LogP contribution in [0.25, 0.3) is 0 Å². The summed E-state index contributed by atoms with van der Waals surface area (Å²) >= 11 is 0. The van der Waals surface area contributed by atoms with Crippen LogP contribution in [0, 0.1) is 11.8 Å². The molecule has 0 saturated heterocycles. The van der Waals surface area contributed by atoms with Crippen molar-refractivity contribution in [3.63, 3.8) is 0 Å². The third-order valence-corrected chi connectivity index (χ3v) is 5.09. The van der Waals surface area contributed by atoms with Gasteiger partial charge in [-0.2, -0.15) is 13.2 Å². The first-order valence-corrected chi connectivity index (χ1v) is 8.78. The zero-order valence-electron chi connectivity index (χ0n) is 14.3. The average Bonchev–Trinajstić information content (AvgIpc) is 2.56. The Kier molecular flexibility index (Phi) is 5.35. The van der Waals surface area contributed by atoms with E-state index in [1.165, 1.54) is 17.7 Å². The van der Waals surface area contributed by atoms with Crippen molar-refractivity contribution >= 4 is 5.97 Å². The number of carbonyl (C=O) groups is 1. The molecule has 1 N–H and O–H groups in total. The molecule has 26 heavy (non-hydrogen) atoms. The smallest absolute Gasteiger partial charge is 0.416 e. The van der Waals surface area contributed by atoms with E-state index >= 15 is 0 Å². The lowest BCUT2D eigenvalue weighted by atomic mass is 9.72. The minimum absolute atomic E-state index is 0.188. The van der Waals surface area contributed by atoms with Gasteiger partial charge in [0.25, 0.3) is 0 Å². The first-order chi connectivity index (χ1) is 12.3. The van der Waals surface area contributed by atoms with Crippen molar-refractivity contribution in [1.29, 1.82) is 0 Å². The van der Waals surface area contributed by atoms with Crippen molar-refractivity contribution in [1.82, 2.24) is 0 Å². The molecule has 1 aliphatic carbocycles. The van der Waals surface area contributed by atoms with E-state index in [2.05, 4.69) is 0 Å². The number of carboxylic acid groups (broad SMARTS) is 1. The molecule has 0 bridgehead atoms. The lowest BCUT2D eigenvalue weighted by molar-refractivity contribution is -0.146. The molecule has 3 rings (SSSR count). The van der Waals surface area contributed by atoms with Gasteiger partial charge in [-0.1, -0.05) is 42.5 Å². The summed E-state index contributed by atoms with van der Waals surface area (Å²) in [5, 5.41) is 8.91. The largest absolute Gasteiger partial charge is 0.481 e. The van der Waals surface area contributed by atoms with Crippen LogP contribution in [0.3, 0.4) is 0 Å². The Morgan fingerprint density at radius 1 is 0.962 bits per heavy atom. The van der Waals surface area contributed by atoms with Gasteiger partial charge in [0.05, 0.1) is 11.5 Å². The minimum atomic E-state index is -4.31. The van der Waals surface area contributed by atoms with E-state index in [0.29, 0.717) is 24.3 Å². The molecule has 0 amide bonds. The van der Waals surface area contributed by atoms with Gasteiger partial charge in [-0.25, -0.2) is 0 Å². The summed E-state index contributed by atoms with van der Waals surface area (Å²) in [6.45, 7) is 0. The lowest BCUT2D eigenvalue weighted by Crippen LogP contribution is -2.31. The number of hydrogen-bond donors (Lipinski definition) is 1. The van der Waals surface area contributed by atoms with E-state index in [4.69, 9.17) is 5.11 Å². The van der Waals surface area contributed by atoms with Crippen LogP contribution < -0.4 is 0 Å². The van der Waals surface area contributed by atoms with E-state index in [-0.39, 0.29) is 5.92 Å². The highest BCUT2D eigenvalue weighted by Gasteiger charge is 2.34. The number of hydrogen-bond acceptors (Lipinski definition) is 1. The van der Waals surface area contributed by atoms with Gasteiger partial charge >= 0.3 is 12.1 Å². The topological polar surface area (TPSA) is 37.3 Å². The molecule has 5 heteroatoms. The number of aryl methyl sites for hydroxylation is 2. The number of aliphatic carboxylic acids is 1. The summed E-state index contributed by atoms with van der Waals surface area (Å²) in [5.74, 6) is -0.454. The van der Waals surface area contributed by atoms with Crippen molar-refractivity contribution in [3.8, 4) is 0 Å². The molecule has 2 aromatic carbocycles. The van der Waals surface area contributed by atoms with Gasteiger partial charge in [0.15, 0.2) is 0 Å². The van der Waals surface area contributed by atoms with Gasteiger partial charge < -0.3 is 5.11 Å². The Balaban J connectivity index is 1.51. The van der Waals surface area contributed by atoms with E-state index in [1.807, 2.05) is 24.3 Å². The number of halogens is 3. The molecule has 0 aromatic heterocycles. The molecule has 2 nitrogen and oxygen atoms in total. The highest BCUT2D eigenvalue weighted by atomic mass is 19.4. The summed E-state index contributed by atoms with van der Waals surface area (Å²) in [6.07, 6.45) is -0.686. The molecular weight excluding hydrogens is 341 g/mol. The molecule has 138 valence electrons. The van der Waals surface area contributed by atoms with Gasteiger partial charge in [-0.15, -0.1) is 0 Å². The maximum Gasteiger partial charge on any atom is 0.416 e. The van der Waals surface area contributed by atoms with Crippen LogP contribution in [0.1, 0.15) is 35.1 Å². The average molecular weight is 362 g/mol. The fourth-order valence-corrected chi connectivity index (χ4v) is 3.47. The minimum Gasteiger partial charge on any atom is -0.481 e. The highest BCUT2D eigenvalue weighted by Crippen LogP contribution is 2.36. The Bertz CT molecular complexity index is 760. The molecule has 0 radical (unpaired) electrons. The predicted molar refractivity (Wildman–Crippen MR) is 92.8 cm³/mol. The standard InChI is InChI=1S/C21H21F3O2/c22-21(23,24)19-3-1-2-15(13-19)7-4-14-5-8-16(9-6-14)10-17-11-18(12-17)20(25)26/h1-3,5-6,8-9,13,17-18H,4,7,10-12H2,(H,25,26). The Morgan fingerprint density at radius 2 is 1.58 bits per heavy atom. The second kappa shape index (κ2) is 7.52. The van der Waals surface area contributed by atoms with Crippen LogP contribution in [-0.2, 0) is 30.2 Å². The summed E-state index contributed by atoms with van der Waals surface area (Å²) < 4.78 is 38.2. The molecular formula is C21H21F3O2. The molecule has 0 heterocycles. The van der Waals surface area contributed by atoms with Crippen molar-refractivity contribution in [2.45, 2.75) is 38.3 Å². The predicted octanol–water partition coefficient (Wildman–Crippen LogP) is 5.14. The molecule has 1 fully saturated rings. The molecule has 0 spiro atoms. The Morgan fingerprint density at radius 3 is 2.19 bits per heavy atom. The van der Waals surface area contributed by atoms with Gasteiger partial charge in [-0.05, 0) is 60.8 Å².